The van der Waals surface area contributed by atoms with E-state index in [0.717, 1.165) is 30.0 Å². The smallest absolute Gasteiger partial charge is 0.265 e. The van der Waals surface area contributed by atoms with E-state index in [2.05, 4.69) is 4.98 Å². The van der Waals surface area contributed by atoms with Crippen LogP contribution < -0.4 is 4.74 Å². The summed E-state index contributed by atoms with van der Waals surface area (Å²) in [5.74, 6) is 0.752. The molecule has 0 spiro atoms. The van der Waals surface area contributed by atoms with Gasteiger partial charge < -0.3 is 9.64 Å². The summed E-state index contributed by atoms with van der Waals surface area (Å²) in [6.45, 7) is 3.88. The van der Waals surface area contributed by atoms with Crippen LogP contribution in [0.25, 0.3) is 0 Å². The maximum absolute atomic E-state index is 12.9. The average Bonchev–Trinajstić information content (AvgIpc) is 3.00. The largest absolute Gasteiger partial charge is 0.493 e. The van der Waals surface area contributed by atoms with E-state index in [4.69, 9.17) is 4.74 Å². The summed E-state index contributed by atoms with van der Waals surface area (Å²) in [6.07, 6.45) is 2.01. The van der Waals surface area contributed by atoms with Gasteiger partial charge in [0.2, 0.25) is 0 Å². The van der Waals surface area contributed by atoms with Gasteiger partial charge in [-0.3, -0.25) is 4.79 Å². The van der Waals surface area contributed by atoms with Gasteiger partial charge in [0, 0.05) is 19.0 Å². The molecule has 3 rings (SSSR count). The average molecular weight is 334 g/mol. The number of ether oxygens (including phenoxy) is 1. The minimum absolute atomic E-state index is 0.0662. The van der Waals surface area contributed by atoms with E-state index in [-0.39, 0.29) is 11.7 Å². The molecule has 0 bridgehead atoms. The highest BCUT2D eigenvalue weighted by Crippen LogP contribution is 2.22. The van der Waals surface area contributed by atoms with Gasteiger partial charge in [-0.2, -0.15) is 0 Å². The van der Waals surface area contributed by atoms with Crippen LogP contribution in [0.4, 0.5) is 4.39 Å². The number of hydrogen-bond acceptors (Lipinski definition) is 4. The molecule has 2 aromatic rings. The van der Waals surface area contributed by atoms with Crippen molar-refractivity contribution in [1.82, 2.24) is 9.88 Å². The van der Waals surface area contributed by atoms with E-state index in [9.17, 15) is 9.18 Å². The van der Waals surface area contributed by atoms with E-state index >= 15 is 0 Å². The molecule has 1 aromatic carbocycles. The van der Waals surface area contributed by atoms with Crippen molar-refractivity contribution in [2.24, 2.45) is 5.92 Å². The molecule has 0 saturated carbocycles. The number of aromatic nitrogens is 1. The number of benzene rings is 1. The van der Waals surface area contributed by atoms with E-state index in [1.54, 1.807) is 17.6 Å². The van der Waals surface area contributed by atoms with Crippen molar-refractivity contribution in [2.75, 3.05) is 19.7 Å². The molecule has 122 valence electrons. The third-order valence-corrected chi connectivity index (χ3v) is 4.96. The van der Waals surface area contributed by atoms with Gasteiger partial charge in [-0.1, -0.05) is 0 Å². The highest BCUT2D eigenvalue weighted by Gasteiger charge is 2.26. The molecule has 1 atom stereocenters. The second-order valence-corrected chi connectivity index (χ2v) is 6.65. The Labute approximate surface area is 138 Å². The fraction of sp³-hybridized carbons (Fsp3) is 0.412. The molecular weight excluding hydrogens is 315 g/mol. The first-order valence-electron chi connectivity index (χ1n) is 7.71. The lowest BCUT2D eigenvalue weighted by atomic mass is 9.98. The zero-order valence-corrected chi connectivity index (χ0v) is 13.8. The van der Waals surface area contributed by atoms with Gasteiger partial charge in [0.25, 0.3) is 5.91 Å². The number of thiazole rings is 1. The van der Waals surface area contributed by atoms with Crippen LogP contribution in [0.2, 0.25) is 0 Å². The Bertz CT molecular complexity index is 671. The lowest BCUT2D eigenvalue weighted by Gasteiger charge is -2.32. The van der Waals surface area contributed by atoms with Crippen LogP contribution in [0.5, 0.6) is 5.75 Å². The maximum Gasteiger partial charge on any atom is 0.265 e. The number of halogens is 1. The molecule has 1 saturated heterocycles. The molecule has 0 aliphatic carbocycles. The summed E-state index contributed by atoms with van der Waals surface area (Å²) in [5, 5.41) is 0. The zero-order chi connectivity index (χ0) is 16.2. The number of rotatable bonds is 4. The fourth-order valence-electron chi connectivity index (χ4n) is 2.78. The van der Waals surface area contributed by atoms with E-state index < -0.39 is 0 Å². The van der Waals surface area contributed by atoms with Crippen LogP contribution in [-0.4, -0.2) is 35.5 Å². The van der Waals surface area contributed by atoms with Gasteiger partial charge in [-0.15, -0.1) is 11.3 Å². The molecule has 4 nitrogen and oxygen atoms in total. The van der Waals surface area contributed by atoms with Gasteiger partial charge >= 0.3 is 0 Å². The molecular formula is C17H19FN2O2S. The Morgan fingerprint density at radius 2 is 2.22 bits per heavy atom. The predicted octanol–water partition coefficient (Wildman–Crippen LogP) is 3.52. The third kappa shape index (κ3) is 3.88. The van der Waals surface area contributed by atoms with Crippen LogP contribution in [-0.2, 0) is 0 Å². The first-order valence-corrected chi connectivity index (χ1v) is 8.59. The number of carbonyl (C=O) groups excluding carboxylic acids is 1. The van der Waals surface area contributed by atoms with Gasteiger partial charge in [0.1, 0.15) is 16.4 Å². The van der Waals surface area contributed by atoms with E-state index in [1.165, 1.54) is 23.5 Å². The number of aryl methyl sites for hydroxylation is 1. The Morgan fingerprint density at radius 1 is 1.43 bits per heavy atom. The summed E-state index contributed by atoms with van der Waals surface area (Å²) in [5.41, 5.74) is 2.51. The molecule has 23 heavy (non-hydrogen) atoms. The molecule has 0 radical (unpaired) electrons. The summed E-state index contributed by atoms with van der Waals surface area (Å²) in [7, 11) is 0. The Balaban J connectivity index is 1.57. The van der Waals surface area contributed by atoms with E-state index in [0.29, 0.717) is 24.8 Å². The van der Waals surface area contributed by atoms with Crippen molar-refractivity contribution in [1.29, 1.82) is 0 Å². The quantitative estimate of drug-likeness (QED) is 0.859. The zero-order valence-electron chi connectivity index (χ0n) is 13.0. The summed E-state index contributed by atoms with van der Waals surface area (Å²) >= 11 is 1.40. The number of hydrogen-bond donors (Lipinski definition) is 0. The lowest BCUT2D eigenvalue weighted by Crippen LogP contribution is -2.41. The number of carbonyl (C=O) groups is 1. The Hall–Kier alpha value is -1.95. The molecule has 1 amide bonds. The topological polar surface area (TPSA) is 42.4 Å². The van der Waals surface area contributed by atoms with Crippen LogP contribution >= 0.6 is 11.3 Å². The number of piperidine rings is 1. The van der Waals surface area contributed by atoms with Crippen LogP contribution in [0.1, 0.15) is 28.2 Å². The van der Waals surface area contributed by atoms with Gasteiger partial charge in [0.15, 0.2) is 0 Å². The van der Waals surface area contributed by atoms with Crippen molar-refractivity contribution >= 4 is 17.2 Å². The molecule has 1 aliphatic rings. The van der Waals surface area contributed by atoms with Crippen molar-refractivity contribution in [3.8, 4) is 5.75 Å². The minimum atomic E-state index is -0.272. The Kier molecular flexibility index (Phi) is 4.91. The second-order valence-electron chi connectivity index (χ2n) is 5.79. The molecule has 0 unspecified atom stereocenters. The van der Waals surface area contributed by atoms with Crippen molar-refractivity contribution in [2.45, 2.75) is 19.8 Å². The third-order valence-electron chi connectivity index (χ3n) is 4.05. The molecule has 1 fully saturated rings. The molecule has 6 heteroatoms. The summed E-state index contributed by atoms with van der Waals surface area (Å²) < 4.78 is 18.6. The van der Waals surface area contributed by atoms with Gasteiger partial charge in [0.05, 0.1) is 17.8 Å². The second kappa shape index (κ2) is 7.08. The Morgan fingerprint density at radius 3 is 2.91 bits per heavy atom. The molecule has 2 heterocycles. The molecule has 1 aromatic heterocycles. The van der Waals surface area contributed by atoms with Crippen LogP contribution in [0.3, 0.4) is 0 Å². The van der Waals surface area contributed by atoms with Crippen molar-refractivity contribution < 1.29 is 13.9 Å². The monoisotopic (exact) mass is 334 g/mol. The maximum atomic E-state index is 12.9. The standard InChI is InChI=1S/C17H19FN2O2S/c1-12-16(23-11-19-12)17(21)20-8-2-3-13(9-20)10-22-15-6-4-14(18)5-7-15/h4-7,11,13H,2-3,8-10H2,1H3/t13-/m1/s1. The fourth-order valence-corrected chi connectivity index (χ4v) is 3.55. The van der Waals surface area contributed by atoms with E-state index in [1.807, 2.05) is 11.8 Å². The number of amides is 1. The highest BCUT2D eigenvalue weighted by atomic mass is 32.1. The van der Waals surface area contributed by atoms with Gasteiger partial charge in [-0.05, 0) is 44.0 Å². The first-order chi connectivity index (χ1) is 11.1. The van der Waals surface area contributed by atoms with Crippen LogP contribution in [0, 0.1) is 18.7 Å². The minimum Gasteiger partial charge on any atom is -0.493 e. The van der Waals surface area contributed by atoms with Gasteiger partial charge in [-0.25, -0.2) is 9.37 Å². The number of likely N-dealkylation sites (tertiary alicyclic amines) is 1. The summed E-state index contributed by atoms with van der Waals surface area (Å²) in [4.78, 5) is 19.3. The van der Waals surface area contributed by atoms with Crippen LogP contribution in [0.15, 0.2) is 29.8 Å². The SMILES string of the molecule is Cc1ncsc1C(=O)N1CCC[C@@H](COc2ccc(F)cc2)C1. The number of nitrogens with zero attached hydrogens (tertiary/aromatic N) is 2. The molecule has 0 N–H and O–H groups in total. The first kappa shape index (κ1) is 15.9. The molecule has 1 aliphatic heterocycles. The van der Waals surface area contributed by atoms with Crippen molar-refractivity contribution in [3.05, 3.63) is 46.2 Å². The summed E-state index contributed by atoms with van der Waals surface area (Å²) in [6, 6.07) is 6.03. The van der Waals surface area contributed by atoms with Crippen molar-refractivity contribution in [3.63, 3.8) is 0 Å². The highest BCUT2D eigenvalue weighted by molar-refractivity contribution is 7.11. The predicted molar refractivity (Wildman–Crippen MR) is 87.4 cm³/mol. The normalized spacial score (nSPS) is 18.0. The lowest BCUT2D eigenvalue weighted by molar-refractivity contribution is 0.0637.